The summed E-state index contributed by atoms with van der Waals surface area (Å²) >= 11 is 0. The zero-order valence-corrected chi connectivity index (χ0v) is 16.0. The normalized spacial score (nSPS) is 11.5. The number of aryl methyl sites for hydroxylation is 1. The van der Waals surface area contributed by atoms with E-state index in [2.05, 4.69) is 16.9 Å². The molecule has 3 aromatic rings. The van der Waals surface area contributed by atoms with E-state index in [-0.39, 0.29) is 5.91 Å². The number of carbonyl (C=O) groups is 1. The van der Waals surface area contributed by atoms with Gasteiger partial charge < -0.3 is 19.4 Å². The maximum atomic E-state index is 12.9. The zero-order chi connectivity index (χ0) is 19.9. The van der Waals surface area contributed by atoms with E-state index in [4.69, 9.17) is 9.47 Å². The van der Waals surface area contributed by atoms with Gasteiger partial charge in [-0.1, -0.05) is 30.9 Å². The minimum absolute atomic E-state index is 0.214. The van der Waals surface area contributed by atoms with Gasteiger partial charge in [0.1, 0.15) is 30.0 Å². The molecule has 0 radical (unpaired) electrons. The van der Waals surface area contributed by atoms with E-state index in [1.165, 1.54) is 0 Å². The van der Waals surface area contributed by atoms with Crippen LogP contribution in [0.1, 0.15) is 27.8 Å². The van der Waals surface area contributed by atoms with Crippen molar-refractivity contribution in [2.75, 3.05) is 13.7 Å². The summed E-state index contributed by atoms with van der Waals surface area (Å²) in [6.45, 7) is 4.04. The van der Waals surface area contributed by atoms with E-state index in [1.807, 2.05) is 42.1 Å². The molecule has 1 amide bonds. The van der Waals surface area contributed by atoms with Gasteiger partial charge in [-0.2, -0.15) is 0 Å². The summed E-state index contributed by atoms with van der Waals surface area (Å²) in [5, 5.41) is 3.07. The summed E-state index contributed by atoms with van der Waals surface area (Å²) in [5.74, 6) is 1.86. The van der Waals surface area contributed by atoms with Gasteiger partial charge in [0.2, 0.25) is 0 Å². The highest BCUT2D eigenvalue weighted by atomic mass is 16.5. The Hall–Kier alpha value is -3.54. The van der Waals surface area contributed by atoms with E-state index in [0.29, 0.717) is 29.5 Å². The Morgan fingerprint density at radius 1 is 1.25 bits per heavy atom. The Balaban J connectivity index is 1.88. The van der Waals surface area contributed by atoms with Crippen LogP contribution >= 0.6 is 0 Å². The van der Waals surface area contributed by atoms with Crippen LogP contribution in [0.15, 0.2) is 73.6 Å². The number of rotatable bonds is 8. The third-order valence-electron chi connectivity index (χ3n) is 4.33. The van der Waals surface area contributed by atoms with Crippen molar-refractivity contribution in [2.45, 2.75) is 6.04 Å². The van der Waals surface area contributed by atoms with Gasteiger partial charge in [-0.3, -0.25) is 4.79 Å². The van der Waals surface area contributed by atoms with Crippen LogP contribution < -0.4 is 14.8 Å². The van der Waals surface area contributed by atoms with E-state index in [0.717, 1.165) is 5.56 Å². The lowest BCUT2D eigenvalue weighted by Crippen LogP contribution is -2.31. The van der Waals surface area contributed by atoms with E-state index >= 15 is 0 Å². The van der Waals surface area contributed by atoms with Crippen LogP contribution in [0.4, 0.5) is 0 Å². The van der Waals surface area contributed by atoms with Crippen LogP contribution in [0.3, 0.4) is 0 Å². The summed E-state index contributed by atoms with van der Waals surface area (Å²) in [7, 11) is 3.50. The average Bonchev–Trinajstić information content (AvgIpc) is 3.16. The van der Waals surface area contributed by atoms with Crippen LogP contribution in [-0.2, 0) is 7.05 Å². The number of nitrogens with zero attached hydrogens (tertiary/aromatic N) is 2. The van der Waals surface area contributed by atoms with Crippen molar-refractivity contribution in [2.24, 2.45) is 7.05 Å². The van der Waals surface area contributed by atoms with Crippen LogP contribution in [-0.4, -0.2) is 29.2 Å². The summed E-state index contributed by atoms with van der Waals surface area (Å²) in [6, 6.07) is 14.1. The van der Waals surface area contributed by atoms with Crippen LogP contribution in [0.25, 0.3) is 0 Å². The second kappa shape index (κ2) is 8.90. The first-order valence-electron chi connectivity index (χ1n) is 8.88. The standard InChI is InChI=1S/C22H23N3O3/c1-4-15-28-17-11-9-16(10-12-17)22(26)24-20(21-23-13-14-25(21)2)18-7-5-6-8-19(18)27-3/h4-14,20H,1,15H2,2-3H3,(H,24,26). The third kappa shape index (κ3) is 4.23. The van der Waals surface area contributed by atoms with Crippen molar-refractivity contribution in [1.29, 1.82) is 0 Å². The average molecular weight is 377 g/mol. The SMILES string of the molecule is C=CCOc1ccc(C(=O)NC(c2ccccc2OC)c2nccn2C)cc1. The molecule has 1 unspecified atom stereocenters. The number of imidazole rings is 1. The number of aromatic nitrogens is 2. The van der Waals surface area contributed by atoms with Gasteiger partial charge in [0.15, 0.2) is 0 Å². The molecule has 1 atom stereocenters. The van der Waals surface area contributed by atoms with Crippen molar-refractivity contribution in [3.8, 4) is 11.5 Å². The van der Waals surface area contributed by atoms with Gasteiger partial charge in [0, 0.05) is 30.6 Å². The second-order valence-corrected chi connectivity index (χ2v) is 6.17. The molecule has 0 aliphatic carbocycles. The van der Waals surface area contributed by atoms with Gasteiger partial charge in [0.25, 0.3) is 5.91 Å². The summed E-state index contributed by atoms with van der Waals surface area (Å²) < 4.78 is 12.8. The number of benzene rings is 2. The molecule has 1 N–H and O–H groups in total. The summed E-state index contributed by atoms with van der Waals surface area (Å²) in [4.78, 5) is 17.3. The molecular formula is C22H23N3O3. The van der Waals surface area contributed by atoms with Crippen LogP contribution in [0.5, 0.6) is 11.5 Å². The zero-order valence-electron chi connectivity index (χ0n) is 16.0. The third-order valence-corrected chi connectivity index (χ3v) is 4.33. The first-order valence-corrected chi connectivity index (χ1v) is 8.88. The summed E-state index contributed by atoms with van der Waals surface area (Å²) in [5.41, 5.74) is 1.36. The molecule has 0 aliphatic rings. The number of hydrogen-bond acceptors (Lipinski definition) is 4. The number of para-hydroxylation sites is 1. The van der Waals surface area contributed by atoms with Gasteiger partial charge in [0.05, 0.1) is 7.11 Å². The van der Waals surface area contributed by atoms with E-state index in [1.54, 1.807) is 43.6 Å². The summed E-state index contributed by atoms with van der Waals surface area (Å²) in [6.07, 6.45) is 5.22. The molecule has 6 nitrogen and oxygen atoms in total. The topological polar surface area (TPSA) is 65.4 Å². The molecule has 2 aromatic carbocycles. The van der Waals surface area contributed by atoms with E-state index in [9.17, 15) is 4.79 Å². The van der Waals surface area contributed by atoms with E-state index < -0.39 is 6.04 Å². The van der Waals surface area contributed by atoms with Gasteiger partial charge >= 0.3 is 0 Å². The fourth-order valence-electron chi connectivity index (χ4n) is 2.91. The second-order valence-electron chi connectivity index (χ2n) is 6.17. The predicted octanol–water partition coefficient (Wildman–Crippen LogP) is 3.51. The molecule has 28 heavy (non-hydrogen) atoms. The first-order chi connectivity index (χ1) is 13.6. The lowest BCUT2D eigenvalue weighted by atomic mass is 10.0. The molecule has 1 heterocycles. The molecule has 0 fully saturated rings. The molecule has 6 heteroatoms. The maximum absolute atomic E-state index is 12.9. The minimum atomic E-state index is -0.458. The Labute approximate surface area is 164 Å². The van der Waals surface area contributed by atoms with Crippen LogP contribution in [0.2, 0.25) is 0 Å². The number of methoxy groups -OCH3 is 1. The Morgan fingerprint density at radius 2 is 2.00 bits per heavy atom. The molecule has 144 valence electrons. The van der Waals surface area contributed by atoms with Gasteiger partial charge in [-0.25, -0.2) is 4.98 Å². The van der Waals surface area contributed by atoms with Crippen LogP contribution in [0, 0.1) is 0 Å². The van der Waals surface area contributed by atoms with Gasteiger partial charge in [-0.15, -0.1) is 0 Å². The molecule has 0 saturated heterocycles. The van der Waals surface area contributed by atoms with Gasteiger partial charge in [-0.05, 0) is 30.3 Å². The predicted molar refractivity (Wildman–Crippen MR) is 108 cm³/mol. The van der Waals surface area contributed by atoms with Crippen molar-refractivity contribution in [3.63, 3.8) is 0 Å². The Bertz CT molecular complexity index is 948. The molecule has 0 spiro atoms. The van der Waals surface area contributed by atoms with Crippen molar-refractivity contribution in [3.05, 3.63) is 90.5 Å². The quantitative estimate of drug-likeness (QED) is 0.610. The fourth-order valence-corrected chi connectivity index (χ4v) is 2.91. The molecule has 0 bridgehead atoms. The highest BCUT2D eigenvalue weighted by Crippen LogP contribution is 2.29. The molecule has 0 aliphatic heterocycles. The molecule has 0 saturated carbocycles. The molecular weight excluding hydrogens is 354 g/mol. The smallest absolute Gasteiger partial charge is 0.252 e. The lowest BCUT2D eigenvalue weighted by Gasteiger charge is -2.21. The number of carbonyl (C=O) groups excluding carboxylic acids is 1. The number of nitrogens with one attached hydrogen (secondary N) is 1. The number of ether oxygens (including phenoxy) is 2. The van der Waals surface area contributed by atoms with Crippen molar-refractivity contribution < 1.29 is 14.3 Å². The monoisotopic (exact) mass is 377 g/mol. The Morgan fingerprint density at radius 3 is 2.64 bits per heavy atom. The lowest BCUT2D eigenvalue weighted by molar-refractivity contribution is 0.0940. The first kappa shape index (κ1) is 19.2. The Kier molecular flexibility index (Phi) is 6.11. The fraction of sp³-hybridized carbons (Fsp3) is 0.182. The number of amides is 1. The highest BCUT2D eigenvalue weighted by Gasteiger charge is 2.24. The van der Waals surface area contributed by atoms with Crippen molar-refractivity contribution >= 4 is 5.91 Å². The molecule has 3 rings (SSSR count). The molecule has 1 aromatic heterocycles. The highest BCUT2D eigenvalue weighted by molar-refractivity contribution is 5.94. The number of hydrogen-bond donors (Lipinski definition) is 1. The van der Waals surface area contributed by atoms with Crippen molar-refractivity contribution in [1.82, 2.24) is 14.9 Å². The minimum Gasteiger partial charge on any atom is -0.496 e. The largest absolute Gasteiger partial charge is 0.496 e. The maximum Gasteiger partial charge on any atom is 0.252 e.